The first-order valence-corrected chi connectivity index (χ1v) is 6.33. The first-order chi connectivity index (χ1) is 8.47. The van der Waals surface area contributed by atoms with E-state index < -0.39 is 0 Å². The molecule has 1 aromatic carbocycles. The van der Waals surface area contributed by atoms with Crippen LogP contribution in [-0.4, -0.2) is 35.9 Å². The van der Waals surface area contributed by atoms with Crippen molar-refractivity contribution in [1.82, 2.24) is 9.88 Å². The summed E-state index contributed by atoms with van der Waals surface area (Å²) in [6.07, 6.45) is 0. The molecule has 18 heavy (non-hydrogen) atoms. The van der Waals surface area contributed by atoms with Crippen molar-refractivity contribution in [2.24, 2.45) is 0 Å². The lowest BCUT2D eigenvalue weighted by molar-refractivity contribution is -0.129. The minimum Gasteiger partial charge on any atom is -0.350 e. The maximum absolute atomic E-state index is 13.0. The summed E-state index contributed by atoms with van der Waals surface area (Å²) in [6, 6.07) is 4.09. The van der Waals surface area contributed by atoms with Gasteiger partial charge >= 0.3 is 0 Å². The number of rotatable bonds is 3. The van der Waals surface area contributed by atoms with Crippen LogP contribution in [0.2, 0.25) is 0 Å². The maximum Gasteiger partial charge on any atom is 0.244 e. The Hall–Kier alpha value is -1.69. The number of thiazole rings is 1. The Morgan fingerprint density at radius 2 is 2.22 bits per heavy atom. The van der Waals surface area contributed by atoms with Gasteiger partial charge in [0.1, 0.15) is 11.9 Å². The first kappa shape index (κ1) is 12.8. The fourth-order valence-corrected chi connectivity index (χ4v) is 2.57. The van der Waals surface area contributed by atoms with Crippen molar-refractivity contribution >= 4 is 32.6 Å². The zero-order valence-electron chi connectivity index (χ0n) is 10.4. The van der Waals surface area contributed by atoms with Gasteiger partial charge in [0.25, 0.3) is 0 Å². The van der Waals surface area contributed by atoms with Gasteiger partial charge in [0.05, 0.1) is 10.2 Å². The summed E-state index contributed by atoms with van der Waals surface area (Å²) >= 11 is 1.34. The highest BCUT2D eigenvalue weighted by Gasteiger charge is 2.16. The molecule has 2 aromatic rings. The number of aromatic nitrogens is 1. The summed E-state index contributed by atoms with van der Waals surface area (Å²) in [7, 11) is 3.41. The second-order valence-corrected chi connectivity index (χ2v) is 5.26. The van der Waals surface area contributed by atoms with Crippen LogP contribution in [0.3, 0.4) is 0 Å². The predicted molar refractivity (Wildman–Crippen MR) is 71.4 cm³/mol. The molecule has 0 saturated heterocycles. The molecule has 1 unspecified atom stereocenters. The van der Waals surface area contributed by atoms with Gasteiger partial charge in [-0.3, -0.25) is 4.79 Å². The number of carbonyl (C=O) groups is 1. The van der Waals surface area contributed by atoms with Gasteiger partial charge in [0.2, 0.25) is 5.91 Å². The molecule has 1 N–H and O–H groups in total. The Bertz CT molecular complexity index is 582. The Balaban J connectivity index is 2.19. The summed E-state index contributed by atoms with van der Waals surface area (Å²) in [4.78, 5) is 17.5. The maximum atomic E-state index is 13.0. The highest BCUT2D eigenvalue weighted by Crippen LogP contribution is 2.26. The molecular weight excluding hydrogens is 253 g/mol. The number of hydrogen-bond donors (Lipinski definition) is 1. The Labute approximate surface area is 108 Å². The number of hydrogen-bond acceptors (Lipinski definition) is 4. The molecule has 1 aromatic heterocycles. The molecule has 0 saturated carbocycles. The van der Waals surface area contributed by atoms with E-state index >= 15 is 0 Å². The van der Waals surface area contributed by atoms with Gasteiger partial charge in [-0.2, -0.15) is 0 Å². The average molecular weight is 267 g/mol. The standard InChI is InChI=1S/C12H14FN3OS/c1-7(11(17)16(2)3)14-12-15-9-5-4-8(13)6-10(9)18-12/h4-7H,1-3H3,(H,14,15). The first-order valence-electron chi connectivity index (χ1n) is 5.51. The number of nitrogens with one attached hydrogen (secondary N) is 1. The molecular formula is C12H14FN3OS. The van der Waals surface area contributed by atoms with Crippen molar-refractivity contribution in [3.63, 3.8) is 0 Å². The van der Waals surface area contributed by atoms with Crippen LogP contribution in [0.25, 0.3) is 10.2 Å². The van der Waals surface area contributed by atoms with Crippen LogP contribution >= 0.6 is 11.3 Å². The van der Waals surface area contributed by atoms with Crippen molar-refractivity contribution in [3.8, 4) is 0 Å². The van der Waals surface area contributed by atoms with E-state index in [-0.39, 0.29) is 17.8 Å². The molecule has 1 atom stereocenters. The molecule has 0 aliphatic carbocycles. The van der Waals surface area contributed by atoms with Gasteiger partial charge in [0, 0.05) is 14.1 Å². The second-order valence-electron chi connectivity index (χ2n) is 4.23. The second kappa shape index (κ2) is 4.89. The Morgan fingerprint density at radius 1 is 1.50 bits per heavy atom. The number of nitrogens with zero attached hydrogens (tertiary/aromatic N) is 2. The summed E-state index contributed by atoms with van der Waals surface area (Å²) in [5.74, 6) is -0.310. The highest BCUT2D eigenvalue weighted by molar-refractivity contribution is 7.22. The normalized spacial score (nSPS) is 12.4. The van der Waals surface area contributed by atoms with Crippen LogP contribution in [-0.2, 0) is 4.79 Å². The third-order valence-electron chi connectivity index (χ3n) is 2.50. The summed E-state index contributed by atoms with van der Waals surface area (Å²) in [5, 5.41) is 3.65. The molecule has 4 nitrogen and oxygen atoms in total. The van der Waals surface area contributed by atoms with Gasteiger partial charge in [0.15, 0.2) is 5.13 Å². The van der Waals surface area contributed by atoms with Crippen molar-refractivity contribution in [2.75, 3.05) is 19.4 Å². The number of halogens is 1. The monoisotopic (exact) mass is 267 g/mol. The zero-order chi connectivity index (χ0) is 13.3. The third-order valence-corrected chi connectivity index (χ3v) is 3.45. The molecule has 0 aliphatic rings. The molecule has 0 radical (unpaired) electrons. The largest absolute Gasteiger partial charge is 0.350 e. The third kappa shape index (κ3) is 2.59. The molecule has 0 bridgehead atoms. The van der Waals surface area contributed by atoms with Crippen LogP contribution in [0.5, 0.6) is 0 Å². The van der Waals surface area contributed by atoms with Crippen LogP contribution < -0.4 is 5.32 Å². The van der Waals surface area contributed by atoms with Crippen LogP contribution in [0.1, 0.15) is 6.92 Å². The van der Waals surface area contributed by atoms with Crippen LogP contribution in [0, 0.1) is 5.82 Å². The van der Waals surface area contributed by atoms with E-state index in [1.54, 1.807) is 27.1 Å². The fourth-order valence-electron chi connectivity index (χ4n) is 1.59. The number of fused-ring (bicyclic) bond motifs is 1. The smallest absolute Gasteiger partial charge is 0.244 e. The van der Waals surface area contributed by atoms with Crippen LogP contribution in [0.15, 0.2) is 18.2 Å². The van der Waals surface area contributed by atoms with Gasteiger partial charge < -0.3 is 10.2 Å². The molecule has 1 heterocycles. The minimum atomic E-state index is -0.356. The Morgan fingerprint density at radius 3 is 2.89 bits per heavy atom. The van der Waals surface area contributed by atoms with E-state index in [0.29, 0.717) is 5.13 Å². The zero-order valence-corrected chi connectivity index (χ0v) is 11.2. The quantitative estimate of drug-likeness (QED) is 0.928. The predicted octanol–water partition coefficient (Wildman–Crippen LogP) is 2.32. The van der Waals surface area contributed by atoms with E-state index in [4.69, 9.17) is 0 Å². The number of carbonyl (C=O) groups excluding carboxylic acids is 1. The molecule has 1 amide bonds. The molecule has 0 spiro atoms. The summed E-state index contributed by atoms with van der Waals surface area (Å²) in [5.41, 5.74) is 0.730. The summed E-state index contributed by atoms with van der Waals surface area (Å²) < 4.78 is 13.8. The lowest BCUT2D eigenvalue weighted by Gasteiger charge is -2.17. The van der Waals surface area contributed by atoms with Crippen molar-refractivity contribution in [2.45, 2.75) is 13.0 Å². The molecule has 2 rings (SSSR count). The molecule has 96 valence electrons. The molecule has 6 heteroatoms. The van der Waals surface area contributed by atoms with E-state index in [1.807, 2.05) is 0 Å². The molecule has 0 aliphatic heterocycles. The lowest BCUT2D eigenvalue weighted by Crippen LogP contribution is -2.36. The van der Waals surface area contributed by atoms with Gasteiger partial charge in [-0.05, 0) is 25.1 Å². The van der Waals surface area contributed by atoms with Gasteiger partial charge in [-0.1, -0.05) is 11.3 Å². The minimum absolute atomic E-state index is 0.0274. The fraction of sp³-hybridized carbons (Fsp3) is 0.333. The SMILES string of the molecule is CC(Nc1nc2ccc(F)cc2s1)C(=O)N(C)C. The van der Waals surface area contributed by atoms with Gasteiger partial charge in [-0.25, -0.2) is 9.37 Å². The number of anilines is 1. The van der Waals surface area contributed by atoms with E-state index in [1.165, 1.54) is 28.4 Å². The van der Waals surface area contributed by atoms with Gasteiger partial charge in [-0.15, -0.1) is 0 Å². The van der Waals surface area contributed by atoms with E-state index in [0.717, 1.165) is 10.2 Å². The topological polar surface area (TPSA) is 45.2 Å². The van der Waals surface area contributed by atoms with Crippen molar-refractivity contribution in [1.29, 1.82) is 0 Å². The van der Waals surface area contributed by atoms with E-state index in [9.17, 15) is 9.18 Å². The lowest BCUT2D eigenvalue weighted by atomic mass is 10.3. The highest BCUT2D eigenvalue weighted by atomic mass is 32.1. The number of likely N-dealkylation sites (N-methyl/N-ethyl adjacent to an activating group) is 1. The van der Waals surface area contributed by atoms with E-state index in [2.05, 4.69) is 10.3 Å². The average Bonchev–Trinajstić information content (AvgIpc) is 2.68. The van der Waals surface area contributed by atoms with Crippen molar-refractivity contribution in [3.05, 3.63) is 24.0 Å². The number of amides is 1. The Kier molecular flexibility index (Phi) is 3.47. The number of benzene rings is 1. The van der Waals surface area contributed by atoms with Crippen molar-refractivity contribution < 1.29 is 9.18 Å². The molecule has 0 fully saturated rings. The summed E-state index contributed by atoms with van der Waals surface area (Å²) in [6.45, 7) is 1.77. The van der Waals surface area contributed by atoms with Crippen LogP contribution in [0.4, 0.5) is 9.52 Å².